The smallest absolute Gasteiger partial charge is 0.267 e. The molecule has 0 amide bonds. The van der Waals surface area contributed by atoms with Gasteiger partial charge in [-0.1, -0.05) is 24.8 Å². The first kappa shape index (κ1) is 20.6. The van der Waals surface area contributed by atoms with Crippen molar-refractivity contribution in [3.8, 4) is 11.4 Å². The van der Waals surface area contributed by atoms with Crippen molar-refractivity contribution in [3.63, 3.8) is 0 Å². The number of carbonyl (C=O) groups excluding carboxylic acids is 1. The van der Waals surface area contributed by atoms with Crippen LogP contribution in [0.25, 0.3) is 15.9 Å². The molecule has 3 aromatic rings. The van der Waals surface area contributed by atoms with Crippen LogP contribution in [0.2, 0.25) is 0 Å². The number of thiophene rings is 1. The predicted molar refractivity (Wildman–Crippen MR) is 117 cm³/mol. The summed E-state index contributed by atoms with van der Waals surface area (Å²) in [5.41, 5.74) is 1.70. The number of aryl methyl sites for hydroxylation is 2. The van der Waals surface area contributed by atoms with Gasteiger partial charge in [-0.25, -0.2) is 4.98 Å². The van der Waals surface area contributed by atoms with Crippen molar-refractivity contribution < 1.29 is 9.53 Å². The first-order chi connectivity index (χ1) is 13.5. The molecule has 0 aliphatic carbocycles. The molecule has 0 aliphatic heterocycles. The van der Waals surface area contributed by atoms with Gasteiger partial charge in [0.2, 0.25) is 0 Å². The van der Waals surface area contributed by atoms with Gasteiger partial charge in [0, 0.05) is 23.1 Å². The highest BCUT2D eigenvalue weighted by atomic mass is 32.2. The van der Waals surface area contributed by atoms with E-state index in [2.05, 4.69) is 6.92 Å². The number of rotatable bonds is 8. The number of nitrogens with zero attached hydrogens (tertiary/aromatic N) is 2. The van der Waals surface area contributed by atoms with Crippen molar-refractivity contribution in [1.29, 1.82) is 0 Å². The van der Waals surface area contributed by atoms with Gasteiger partial charge in [-0.05, 0) is 44.4 Å². The Hall–Kier alpha value is -2.12. The SMILES string of the molecule is CCc1sc2nc(SCCCC(C)=O)n(-c3cccc(OC)c3)c(=O)c2c1C. The topological polar surface area (TPSA) is 61.2 Å². The summed E-state index contributed by atoms with van der Waals surface area (Å²) in [7, 11) is 1.61. The van der Waals surface area contributed by atoms with Gasteiger partial charge in [0.1, 0.15) is 16.4 Å². The van der Waals surface area contributed by atoms with Crippen LogP contribution in [0.5, 0.6) is 5.75 Å². The number of ketones is 1. The Morgan fingerprint density at radius 2 is 2.14 bits per heavy atom. The molecule has 0 saturated heterocycles. The molecule has 0 saturated carbocycles. The fourth-order valence-electron chi connectivity index (χ4n) is 3.11. The summed E-state index contributed by atoms with van der Waals surface area (Å²) in [6, 6.07) is 7.45. The molecule has 0 N–H and O–H groups in total. The molecule has 0 fully saturated rings. The number of ether oxygens (including phenoxy) is 1. The van der Waals surface area contributed by atoms with Crippen molar-refractivity contribution in [2.24, 2.45) is 0 Å². The molecule has 5 nitrogen and oxygen atoms in total. The second kappa shape index (κ2) is 8.92. The van der Waals surface area contributed by atoms with Gasteiger partial charge in [0.25, 0.3) is 5.56 Å². The van der Waals surface area contributed by atoms with Crippen LogP contribution in [0.15, 0.2) is 34.2 Å². The van der Waals surface area contributed by atoms with Crippen LogP contribution >= 0.6 is 23.1 Å². The third-order valence-electron chi connectivity index (χ3n) is 4.57. The molecule has 0 atom stereocenters. The number of carbonyl (C=O) groups is 1. The molecule has 0 aliphatic rings. The third-order valence-corrected chi connectivity index (χ3v) is 6.92. The largest absolute Gasteiger partial charge is 0.497 e. The normalized spacial score (nSPS) is 11.1. The minimum atomic E-state index is -0.0548. The zero-order valence-corrected chi connectivity index (χ0v) is 18.2. The molecule has 148 valence electrons. The van der Waals surface area contributed by atoms with Crippen molar-refractivity contribution in [2.75, 3.05) is 12.9 Å². The molecule has 0 bridgehead atoms. The maximum atomic E-state index is 13.5. The summed E-state index contributed by atoms with van der Waals surface area (Å²) < 4.78 is 7.00. The van der Waals surface area contributed by atoms with Gasteiger partial charge in [-0.15, -0.1) is 11.3 Å². The molecule has 7 heteroatoms. The van der Waals surface area contributed by atoms with E-state index in [4.69, 9.17) is 9.72 Å². The number of aromatic nitrogens is 2. The maximum Gasteiger partial charge on any atom is 0.267 e. The lowest BCUT2D eigenvalue weighted by Crippen LogP contribution is -2.21. The van der Waals surface area contributed by atoms with E-state index in [0.717, 1.165) is 34.7 Å². The molecule has 0 spiro atoms. The van der Waals surface area contributed by atoms with Crippen LogP contribution < -0.4 is 10.3 Å². The average Bonchev–Trinajstić information content (AvgIpc) is 3.01. The van der Waals surface area contributed by atoms with E-state index in [0.29, 0.717) is 22.7 Å². The van der Waals surface area contributed by atoms with E-state index in [1.54, 1.807) is 29.9 Å². The van der Waals surface area contributed by atoms with Crippen LogP contribution in [0.1, 0.15) is 37.1 Å². The molecule has 2 aromatic heterocycles. The highest BCUT2D eigenvalue weighted by molar-refractivity contribution is 7.99. The highest BCUT2D eigenvalue weighted by Crippen LogP contribution is 2.31. The third kappa shape index (κ3) is 4.15. The van der Waals surface area contributed by atoms with Crippen LogP contribution in [0.3, 0.4) is 0 Å². The van der Waals surface area contributed by atoms with Crippen molar-refractivity contribution in [2.45, 2.75) is 45.2 Å². The van der Waals surface area contributed by atoms with E-state index in [1.807, 2.05) is 31.2 Å². The molecule has 0 unspecified atom stereocenters. The van der Waals surface area contributed by atoms with Crippen LogP contribution in [0.4, 0.5) is 0 Å². The van der Waals surface area contributed by atoms with Crippen molar-refractivity contribution in [3.05, 3.63) is 45.1 Å². The Morgan fingerprint density at radius 3 is 2.82 bits per heavy atom. The predicted octanol–water partition coefficient (Wildman–Crippen LogP) is 4.79. The van der Waals surface area contributed by atoms with Gasteiger partial charge in [0.15, 0.2) is 5.16 Å². The van der Waals surface area contributed by atoms with Crippen molar-refractivity contribution >= 4 is 39.1 Å². The van der Waals surface area contributed by atoms with Gasteiger partial charge in [-0.2, -0.15) is 0 Å². The maximum absolute atomic E-state index is 13.5. The minimum Gasteiger partial charge on any atom is -0.497 e. The lowest BCUT2D eigenvalue weighted by molar-refractivity contribution is -0.117. The number of hydrogen-bond donors (Lipinski definition) is 0. The second-order valence-electron chi connectivity index (χ2n) is 6.57. The summed E-state index contributed by atoms with van der Waals surface area (Å²) in [5.74, 6) is 1.59. The second-order valence-corrected chi connectivity index (χ2v) is 8.72. The van der Waals surface area contributed by atoms with Crippen LogP contribution in [-0.4, -0.2) is 28.2 Å². The number of thioether (sulfide) groups is 1. The fourth-order valence-corrected chi connectivity index (χ4v) is 5.22. The molecule has 3 rings (SSSR count). The first-order valence-electron chi connectivity index (χ1n) is 9.28. The van der Waals surface area contributed by atoms with E-state index in [-0.39, 0.29) is 11.3 Å². The van der Waals surface area contributed by atoms with Crippen molar-refractivity contribution in [1.82, 2.24) is 9.55 Å². The summed E-state index contributed by atoms with van der Waals surface area (Å²) in [6.07, 6.45) is 2.18. The lowest BCUT2D eigenvalue weighted by Gasteiger charge is -2.13. The van der Waals surface area contributed by atoms with E-state index >= 15 is 0 Å². The minimum absolute atomic E-state index is 0.0548. The zero-order chi connectivity index (χ0) is 20.3. The summed E-state index contributed by atoms with van der Waals surface area (Å²) in [4.78, 5) is 31.5. The van der Waals surface area contributed by atoms with E-state index in [9.17, 15) is 9.59 Å². The molecule has 0 radical (unpaired) electrons. The fraction of sp³-hybridized carbons (Fsp3) is 0.381. The van der Waals surface area contributed by atoms with Crippen LogP contribution in [0, 0.1) is 6.92 Å². The Balaban J connectivity index is 2.15. The number of methoxy groups -OCH3 is 1. The van der Waals surface area contributed by atoms with Crippen LogP contribution in [-0.2, 0) is 11.2 Å². The highest BCUT2D eigenvalue weighted by Gasteiger charge is 2.19. The first-order valence-corrected chi connectivity index (χ1v) is 11.1. The molecule has 2 heterocycles. The summed E-state index contributed by atoms with van der Waals surface area (Å²) in [5, 5.41) is 1.34. The molecule has 1 aromatic carbocycles. The number of hydrogen-bond acceptors (Lipinski definition) is 6. The van der Waals surface area contributed by atoms with Gasteiger partial charge in [-0.3, -0.25) is 9.36 Å². The molecule has 28 heavy (non-hydrogen) atoms. The number of fused-ring (bicyclic) bond motifs is 1. The number of Topliss-reactive ketones (excluding diaryl/α,β-unsaturated/α-hetero) is 1. The Bertz CT molecular complexity index is 1070. The quantitative estimate of drug-likeness (QED) is 0.300. The Labute approximate surface area is 172 Å². The van der Waals surface area contributed by atoms with E-state index < -0.39 is 0 Å². The van der Waals surface area contributed by atoms with Gasteiger partial charge < -0.3 is 9.53 Å². The summed E-state index contributed by atoms with van der Waals surface area (Å²) in [6.45, 7) is 5.69. The zero-order valence-electron chi connectivity index (χ0n) is 16.6. The standard InChI is InChI=1S/C21H24N2O3S2/c1-5-17-14(3)18-19(28-17)22-21(27-11-7-8-13(2)24)23(20(18)25)15-9-6-10-16(12-15)26-4/h6,9-10,12H,5,7-8,11H2,1-4H3. The van der Waals surface area contributed by atoms with E-state index in [1.165, 1.54) is 16.6 Å². The molecular weight excluding hydrogens is 392 g/mol. The number of benzene rings is 1. The van der Waals surface area contributed by atoms with Gasteiger partial charge >= 0.3 is 0 Å². The lowest BCUT2D eigenvalue weighted by atomic mass is 10.2. The Kier molecular flexibility index (Phi) is 6.57. The average molecular weight is 417 g/mol. The monoisotopic (exact) mass is 416 g/mol. The summed E-state index contributed by atoms with van der Waals surface area (Å²) >= 11 is 3.11. The Morgan fingerprint density at radius 1 is 1.36 bits per heavy atom. The van der Waals surface area contributed by atoms with Gasteiger partial charge in [0.05, 0.1) is 18.2 Å². The molecular formula is C21H24N2O3S2.